The Morgan fingerprint density at radius 3 is 2.80 bits per heavy atom. The standard InChI is InChI=1S/C11H15N3O5S/c1-13(8-2-3-20(18,19)7-8)6-11(15)10-4-9(5-12-10)14(16)17/h4-5,8,12H,2-3,6-7H2,1H3. The summed E-state index contributed by atoms with van der Waals surface area (Å²) in [6.07, 6.45) is 1.67. The van der Waals surface area contributed by atoms with Crippen molar-refractivity contribution in [2.45, 2.75) is 12.5 Å². The van der Waals surface area contributed by atoms with Crippen LogP contribution >= 0.6 is 0 Å². The number of H-pyrrole nitrogens is 1. The zero-order valence-corrected chi connectivity index (χ0v) is 11.7. The van der Waals surface area contributed by atoms with Gasteiger partial charge >= 0.3 is 0 Å². The number of hydrogen-bond donors (Lipinski definition) is 1. The lowest BCUT2D eigenvalue weighted by molar-refractivity contribution is -0.384. The molecule has 0 aromatic carbocycles. The van der Waals surface area contributed by atoms with Gasteiger partial charge in [-0.2, -0.15) is 0 Å². The first-order valence-electron chi connectivity index (χ1n) is 6.05. The summed E-state index contributed by atoms with van der Waals surface area (Å²) in [5.41, 5.74) is -0.0103. The average Bonchev–Trinajstić information content (AvgIpc) is 2.95. The van der Waals surface area contributed by atoms with Gasteiger partial charge in [0.1, 0.15) is 0 Å². The number of carbonyl (C=O) groups is 1. The third kappa shape index (κ3) is 3.23. The number of sulfone groups is 1. The Kier molecular flexibility index (Phi) is 3.91. The van der Waals surface area contributed by atoms with Crippen LogP contribution in [0, 0.1) is 10.1 Å². The molecule has 1 N–H and O–H groups in total. The number of aromatic nitrogens is 1. The number of hydrogen-bond acceptors (Lipinski definition) is 6. The minimum absolute atomic E-state index is 0.0256. The molecule has 0 spiro atoms. The molecule has 0 amide bonds. The Morgan fingerprint density at radius 1 is 1.60 bits per heavy atom. The molecule has 2 rings (SSSR count). The fourth-order valence-corrected chi connectivity index (χ4v) is 4.02. The lowest BCUT2D eigenvalue weighted by Gasteiger charge is -2.21. The quantitative estimate of drug-likeness (QED) is 0.473. The van der Waals surface area contributed by atoms with Crippen molar-refractivity contribution in [1.82, 2.24) is 9.88 Å². The van der Waals surface area contributed by atoms with Crippen LogP contribution in [0.1, 0.15) is 16.9 Å². The molecule has 1 atom stereocenters. The van der Waals surface area contributed by atoms with E-state index >= 15 is 0 Å². The number of aromatic amines is 1. The monoisotopic (exact) mass is 301 g/mol. The third-order valence-electron chi connectivity index (χ3n) is 3.40. The van der Waals surface area contributed by atoms with Crippen LogP contribution in [-0.2, 0) is 9.84 Å². The molecular formula is C11H15N3O5S. The van der Waals surface area contributed by atoms with E-state index in [1.54, 1.807) is 11.9 Å². The molecule has 1 aromatic heterocycles. The minimum Gasteiger partial charge on any atom is -0.353 e. The molecule has 0 bridgehead atoms. The van der Waals surface area contributed by atoms with Gasteiger partial charge in [0.2, 0.25) is 0 Å². The average molecular weight is 301 g/mol. The highest BCUT2D eigenvalue weighted by molar-refractivity contribution is 7.91. The highest BCUT2D eigenvalue weighted by Crippen LogP contribution is 2.18. The van der Waals surface area contributed by atoms with Gasteiger partial charge in [-0.3, -0.25) is 19.8 Å². The predicted molar refractivity (Wildman–Crippen MR) is 71.5 cm³/mol. The second-order valence-electron chi connectivity index (χ2n) is 4.92. The maximum atomic E-state index is 12.0. The van der Waals surface area contributed by atoms with Gasteiger partial charge in [-0.15, -0.1) is 0 Å². The number of Topliss-reactive ketones (excluding diaryl/α,β-unsaturated/α-hetero) is 1. The van der Waals surface area contributed by atoms with Crippen molar-refractivity contribution in [1.29, 1.82) is 0 Å². The first kappa shape index (κ1) is 14.7. The van der Waals surface area contributed by atoms with Crippen LogP contribution < -0.4 is 0 Å². The lowest BCUT2D eigenvalue weighted by atomic mass is 10.2. The van der Waals surface area contributed by atoms with Crippen LogP contribution in [0.4, 0.5) is 5.69 Å². The first-order chi connectivity index (χ1) is 9.28. The third-order valence-corrected chi connectivity index (χ3v) is 5.15. The van der Waals surface area contributed by atoms with Crippen molar-refractivity contribution in [2.24, 2.45) is 0 Å². The van der Waals surface area contributed by atoms with Crippen LogP contribution in [0.15, 0.2) is 12.3 Å². The summed E-state index contributed by atoms with van der Waals surface area (Å²) < 4.78 is 22.8. The van der Waals surface area contributed by atoms with Crippen molar-refractivity contribution in [3.05, 3.63) is 28.1 Å². The van der Waals surface area contributed by atoms with E-state index in [1.807, 2.05) is 0 Å². The summed E-state index contributed by atoms with van der Waals surface area (Å²) in [6, 6.07) is 1.01. The normalized spacial score (nSPS) is 21.2. The van der Waals surface area contributed by atoms with Gasteiger partial charge in [-0.1, -0.05) is 0 Å². The topological polar surface area (TPSA) is 113 Å². The largest absolute Gasteiger partial charge is 0.353 e. The van der Waals surface area contributed by atoms with E-state index in [0.717, 1.165) is 6.20 Å². The van der Waals surface area contributed by atoms with Crippen molar-refractivity contribution in [2.75, 3.05) is 25.1 Å². The lowest BCUT2D eigenvalue weighted by Crippen LogP contribution is -2.36. The highest BCUT2D eigenvalue weighted by Gasteiger charge is 2.31. The smallest absolute Gasteiger partial charge is 0.287 e. The molecule has 9 heteroatoms. The molecule has 0 aliphatic carbocycles. The molecule has 2 heterocycles. The SMILES string of the molecule is CN(CC(=O)c1cc([N+](=O)[O-])c[nH]1)C1CCS(=O)(=O)C1. The second kappa shape index (κ2) is 5.33. The summed E-state index contributed by atoms with van der Waals surface area (Å²) in [7, 11) is -1.32. The van der Waals surface area contributed by atoms with E-state index in [9.17, 15) is 23.3 Å². The molecule has 1 aliphatic heterocycles. The Morgan fingerprint density at radius 2 is 2.30 bits per heavy atom. The fraction of sp³-hybridized carbons (Fsp3) is 0.545. The summed E-state index contributed by atoms with van der Waals surface area (Å²) in [5, 5.41) is 10.5. The van der Waals surface area contributed by atoms with Crippen LogP contribution in [0.3, 0.4) is 0 Å². The van der Waals surface area contributed by atoms with Crippen molar-refractivity contribution >= 4 is 21.3 Å². The first-order valence-corrected chi connectivity index (χ1v) is 7.87. The predicted octanol–water partition coefficient (Wildman–Crippen LogP) is 0.224. The van der Waals surface area contributed by atoms with E-state index in [1.165, 1.54) is 6.07 Å². The van der Waals surface area contributed by atoms with Gasteiger partial charge in [0.15, 0.2) is 15.6 Å². The molecule has 1 saturated heterocycles. The number of nitrogens with one attached hydrogen (secondary N) is 1. The number of nitrogens with zero attached hydrogens (tertiary/aromatic N) is 2. The Labute approximate surface area is 115 Å². The van der Waals surface area contributed by atoms with E-state index in [2.05, 4.69) is 4.98 Å². The zero-order chi connectivity index (χ0) is 14.9. The van der Waals surface area contributed by atoms with E-state index in [0.29, 0.717) is 6.42 Å². The molecule has 20 heavy (non-hydrogen) atoms. The molecule has 1 aliphatic rings. The number of rotatable bonds is 5. The summed E-state index contributed by atoms with van der Waals surface area (Å²) in [4.78, 5) is 26.2. The Hall–Kier alpha value is -1.74. The van der Waals surface area contributed by atoms with Crippen LogP contribution in [0.25, 0.3) is 0 Å². The minimum atomic E-state index is -3.00. The summed E-state index contributed by atoms with van der Waals surface area (Å²) in [6.45, 7) is 0.0256. The Bertz CT molecular complexity index is 636. The van der Waals surface area contributed by atoms with Crippen LogP contribution in [-0.4, -0.2) is 60.1 Å². The van der Waals surface area contributed by atoms with Gasteiger partial charge in [0.05, 0.1) is 34.9 Å². The molecule has 1 fully saturated rings. The molecule has 1 unspecified atom stereocenters. The van der Waals surface area contributed by atoms with Gasteiger partial charge in [0.25, 0.3) is 5.69 Å². The molecule has 0 radical (unpaired) electrons. The van der Waals surface area contributed by atoms with Crippen molar-refractivity contribution < 1.29 is 18.1 Å². The van der Waals surface area contributed by atoms with Gasteiger partial charge in [-0.25, -0.2) is 8.42 Å². The molecule has 0 saturated carbocycles. The van der Waals surface area contributed by atoms with E-state index in [-0.39, 0.29) is 41.3 Å². The fourth-order valence-electron chi connectivity index (χ4n) is 2.21. The van der Waals surface area contributed by atoms with Crippen molar-refractivity contribution in [3.8, 4) is 0 Å². The Balaban J connectivity index is 1.98. The second-order valence-corrected chi connectivity index (χ2v) is 7.15. The number of ketones is 1. The molecule has 1 aromatic rings. The summed E-state index contributed by atoms with van der Waals surface area (Å²) in [5.74, 6) is -0.101. The highest BCUT2D eigenvalue weighted by atomic mass is 32.2. The van der Waals surface area contributed by atoms with E-state index < -0.39 is 14.8 Å². The maximum absolute atomic E-state index is 12.0. The molecular weight excluding hydrogens is 286 g/mol. The maximum Gasteiger partial charge on any atom is 0.287 e. The van der Waals surface area contributed by atoms with Gasteiger partial charge in [-0.05, 0) is 13.5 Å². The molecule has 110 valence electrons. The summed E-state index contributed by atoms with van der Waals surface area (Å²) >= 11 is 0. The van der Waals surface area contributed by atoms with Gasteiger partial charge in [0, 0.05) is 12.1 Å². The van der Waals surface area contributed by atoms with Crippen LogP contribution in [0.2, 0.25) is 0 Å². The molecule has 8 nitrogen and oxygen atoms in total. The number of likely N-dealkylation sites (N-methyl/N-ethyl adjacent to an activating group) is 1. The number of nitro groups is 1. The van der Waals surface area contributed by atoms with Crippen LogP contribution in [0.5, 0.6) is 0 Å². The van der Waals surface area contributed by atoms with E-state index in [4.69, 9.17) is 0 Å². The number of carbonyl (C=O) groups excluding carboxylic acids is 1. The van der Waals surface area contributed by atoms with Gasteiger partial charge < -0.3 is 4.98 Å². The van der Waals surface area contributed by atoms with Crippen molar-refractivity contribution in [3.63, 3.8) is 0 Å². The zero-order valence-electron chi connectivity index (χ0n) is 10.9.